The molecule has 0 amide bonds. The van der Waals surface area contributed by atoms with E-state index in [4.69, 9.17) is 0 Å². The zero-order valence-corrected chi connectivity index (χ0v) is 7.92. The summed E-state index contributed by atoms with van der Waals surface area (Å²) in [6.45, 7) is 0. The molecule has 0 saturated carbocycles. The van der Waals surface area contributed by atoms with Crippen LogP contribution in [0.2, 0.25) is 0 Å². The highest BCUT2D eigenvalue weighted by molar-refractivity contribution is 8.00. The molecule has 0 bridgehead atoms. The molecule has 0 fully saturated rings. The van der Waals surface area contributed by atoms with Crippen LogP contribution in [0.5, 0.6) is 0 Å². The highest BCUT2D eigenvalue weighted by Gasteiger charge is 2.05. The molecule has 0 aromatic carbocycles. The van der Waals surface area contributed by atoms with Crippen LogP contribution in [0.1, 0.15) is 0 Å². The zero-order valence-electron chi connectivity index (χ0n) is 5.47. The van der Waals surface area contributed by atoms with Gasteiger partial charge < -0.3 is 0 Å². The number of hydrogen-bond acceptors (Lipinski definition) is 6. The summed E-state index contributed by atoms with van der Waals surface area (Å²) < 4.78 is 2.49. The molecule has 0 N–H and O–H groups in total. The van der Waals surface area contributed by atoms with Gasteiger partial charge in [0.25, 0.3) is 0 Å². The van der Waals surface area contributed by atoms with Crippen molar-refractivity contribution in [3.63, 3.8) is 0 Å². The molecule has 2 aromatic heterocycles. The lowest BCUT2D eigenvalue weighted by Crippen LogP contribution is -1.89. The van der Waals surface area contributed by atoms with E-state index >= 15 is 0 Å². The molecule has 7 heteroatoms. The fourth-order valence-corrected chi connectivity index (χ4v) is 2.78. The van der Waals surface area contributed by atoms with Gasteiger partial charge in [-0.2, -0.15) is 8.89 Å². The van der Waals surface area contributed by atoms with Crippen molar-refractivity contribution in [3.05, 3.63) is 9.67 Å². The van der Waals surface area contributed by atoms with Crippen molar-refractivity contribution in [2.75, 3.05) is 6.26 Å². The second-order valence-electron chi connectivity index (χ2n) is 1.70. The summed E-state index contributed by atoms with van der Waals surface area (Å²) in [7, 11) is 0. The van der Waals surface area contributed by atoms with Crippen LogP contribution in [0.15, 0.2) is 9.13 Å². The van der Waals surface area contributed by atoms with E-state index in [0.29, 0.717) is 4.96 Å². The van der Waals surface area contributed by atoms with Crippen molar-refractivity contribution in [2.24, 2.45) is 0 Å². The van der Waals surface area contributed by atoms with Gasteiger partial charge in [0.2, 0.25) is 4.96 Å². The van der Waals surface area contributed by atoms with E-state index < -0.39 is 0 Å². The summed E-state index contributed by atoms with van der Waals surface area (Å²) in [6.07, 6.45) is 1.95. The van der Waals surface area contributed by atoms with Gasteiger partial charge in [-0.1, -0.05) is 23.1 Å². The fraction of sp³-hybridized carbons (Fsp3) is 0.250. The monoisotopic (exact) mass is 205 g/mol. The Morgan fingerprint density at radius 3 is 3.09 bits per heavy atom. The Morgan fingerprint density at radius 1 is 1.64 bits per heavy atom. The molecule has 0 aliphatic rings. The molecular formula is C4H3N3OS3. The molecule has 0 atom stereocenters. The van der Waals surface area contributed by atoms with Gasteiger partial charge >= 0.3 is 4.87 Å². The third-order valence-corrected chi connectivity index (χ3v) is 3.72. The lowest BCUT2D eigenvalue weighted by molar-refractivity contribution is 0.984. The maximum Gasteiger partial charge on any atom is 0.346 e. The summed E-state index contributed by atoms with van der Waals surface area (Å²) in [4.78, 5) is 14.9. The minimum atomic E-state index is -0.184. The minimum Gasteiger partial charge on any atom is -0.253 e. The molecule has 4 nitrogen and oxygen atoms in total. The second kappa shape index (κ2) is 2.58. The normalized spacial score (nSPS) is 11.0. The Labute approximate surface area is 74.0 Å². The molecule has 0 radical (unpaired) electrons. The molecule has 2 heterocycles. The summed E-state index contributed by atoms with van der Waals surface area (Å²) in [5.41, 5.74) is 0. The van der Waals surface area contributed by atoms with Gasteiger partial charge in [0.1, 0.15) is 0 Å². The summed E-state index contributed by atoms with van der Waals surface area (Å²) >= 11 is 4.01. The number of rotatable bonds is 1. The summed E-state index contributed by atoms with van der Waals surface area (Å²) in [5.74, 6) is 0. The zero-order chi connectivity index (χ0) is 7.84. The number of hydrogen-bond donors (Lipinski definition) is 0. The fourth-order valence-electron chi connectivity index (χ4n) is 0.635. The first-order chi connectivity index (χ1) is 5.29. The van der Waals surface area contributed by atoms with Gasteiger partial charge in [-0.25, -0.2) is 0 Å². The SMILES string of the molecule is CSc1nn2sc(=O)nc2s1. The van der Waals surface area contributed by atoms with Crippen LogP contribution >= 0.6 is 34.6 Å². The van der Waals surface area contributed by atoms with Crippen LogP contribution in [0.3, 0.4) is 0 Å². The average Bonchev–Trinajstić information content (AvgIpc) is 2.43. The number of fused-ring (bicyclic) bond motifs is 1. The third kappa shape index (κ3) is 1.19. The molecule has 58 valence electrons. The second-order valence-corrected chi connectivity index (χ2v) is 4.58. The van der Waals surface area contributed by atoms with E-state index in [-0.39, 0.29) is 4.87 Å². The van der Waals surface area contributed by atoms with E-state index in [1.54, 1.807) is 15.7 Å². The average molecular weight is 205 g/mol. The third-order valence-electron chi connectivity index (χ3n) is 1.04. The Morgan fingerprint density at radius 2 is 2.45 bits per heavy atom. The van der Waals surface area contributed by atoms with Gasteiger partial charge in [-0.3, -0.25) is 4.79 Å². The molecule has 0 spiro atoms. The Balaban J connectivity index is 2.73. The first kappa shape index (κ1) is 7.26. The van der Waals surface area contributed by atoms with Crippen molar-refractivity contribution < 1.29 is 0 Å². The van der Waals surface area contributed by atoms with Gasteiger partial charge in [0.05, 0.1) is 0 Å². The van der Waals surface area contributed by atoms with E-state index in [0.717, 1.165) is 15.9 Å². The van der Waals surface area contributed by atoms with E-state index in [1.807, 2.05) is 6.26 Å². The first-order valence-electron chi connectivity index (χ1n) is 2.71. The van der Waals surface area contributed by atoms with Crippen molar-refractivity contribution >= 4 is 39.6 Å². The molecule has 0 unspecified atom stereocenters. The van der Waals surface area contributed by atoms with Crippen LogP contribution in [-0.2, 0) is 0 Å². The molecule has 0 aliphatic carbocycles. The van der Waals surface area contributed by atoms with E-state index in [1.165, 1.54) is 11.3 Å². The summed E-state index contributed by atoms with van der Waals surface area (Å²) in [5, 5.41) is 4.11. The van der Waals surface area contributed by atoms with Gasteiger partial charge in [-0.15, -0.1) is 5.10 Å². The molecule has 11 heavy (non-hydrogen) atoms. The van der Waals surface area contributed by atoms with Gasteiger partial charge in [-0.05, 0) is 6.26 Å². The maximum atomic E-state index is 10.7. The predicted molar refractivity (Wildman–Crippen MR) is 46.8 cm³/mol. The Kier molecular flexibility index (Phi) is 1.70. The van der Waals surface area contributed by atoms with Crippen LogP contribution in [0.25, 0.3) is 4.96 Å². The Hall–Kier alpha value is -0.400. The van der Waals surface area contributed by atoms with Crippen LogP contribution < -0.4 is 4.87 Å². The molecule has 0 aliphatic heterocycles. The number of thioether (sulfide) groups is 1. The smallest absolute Gasteiger partial charge is 0.253 e. The lowest BCUT2D eigenvalue weighted by Gasteiger charge is -1.77. The van der Waals surface area contributed by atoms with Gasteiger partial charge in [0, 0.05) is 11.5 Å². The van der Waals surface area contributed by atoms with Crippen LogP contribution in [0.4, 0.5) is 0 Å². The molecular weight excluding hydrogens is 202 g/mol. The van der Waals surface area contributed by atoms with E-state index in [9.17, 15) is 4.79 Å². The molecule has 0 saturated heterocycles. The predicted octanol–water partition coefficient (Wildman–Crippen LogP) is 0.934. The van der Waals surface area contributed by atoms with Crippen molar-refractivity contribution in [2.45, 2.75) is 4.34 Å². The largest absolute Gasteiger partial charge is 0.346 e. The quantitative estimate of drug-likeness (QED) is 0.650. The Bertz CT molecular complexity index is 392. The van der Waals surface area contributed by atoms with Crippen LogP contribution in [0, 0.1) is 0 Å². The van der Waals surface area contributed by atoms with E-state index in [2.05, 4.69) is 10.1 Å². The van der Waals surface area contributed by atoms with Crippen LogP contribution in [-0.4, -0.2) is 20.2 Å². The topological polar surface area (TPSA) is 47.3 Å². The van der Waals surface area contributed by atoms with Crippen molar-refractivity contribution in [1.29, 1.82) is 0 Å². The molecule has 2 rings (SSSR count). The minimum absolute atomic E-state index is 0.184. The van der Waals surface area contributed by atoms with Gasteiger partial charge in [0.15, 0.2) is 4.34 Å². The lowest BCUT2D eigenvalue weighted by atomic mass is 11.3. The molecule has 2 aromatic rings. The standard InChI is InChI=1S/C4H3N3OS3/c1-9-4-6-7-2(10-4)5-3(8)11-7/h1H3. The van der Waals surface area contributed by atoms with Crippen molar-refractivity contribution in [1.82, 2.24) is 14.0 Å². The first-order valence-corrected chi connectivity index (χ1v) is 5.52. The number of aromatic nitrogens is 3. The highest BCUT2D eigenvalue weighted by Crippen LogP contribution is 2.21. The van der Waals surface area contributed by atoms with Crippen molar-refractivity contribution in [3.8, 4) is 0 Å². The maximum absolute atomic E-state index is 10.7. The number of nitrogens with zero attached hydrogens (tertiary/aromatic N) is 3. The highest BCUT2D eigenvalue weighted by atomic mass is 32.2. The summed E-state index contributed by atoms with van der Waals surface area (Å²) in [6, 6.07) is 0.